The second kappa shape index (κ2) is 8.00. The summed E-state index contributed by atoms with van der Waals surface area (Å²) in [4.78, 5) is 41.6. The highest BCUT2D eigenvalue weighted by atomic mass is 35.5. The number of anilines is 1. The molecule has 0 spiro atoms. The number of aliphatic hydroxyl groups excluding tert-OH is 1. The van der Waals surface area contributed by atoms with E-state index in [1.807, 2.05) is 0 Å². The summed E-state index contributed by atoms with van der Waals surface area (Å²) in [5.41, 5.74) is 0.806. The van der Waals surface area contributed by atoms with E-state index in [0.29, 0.717) is 16.3 Å². The minimum Gasteiger partial charge on any atom is -0.507 e. The molecule has 1 aromatic heterocycles. The zero-order chi connectivity index (χ0) is 22.1. The van der Waals surface area contributed by atoms with Crippen LogP contribution in [0.1, 0.15) is 17.2 Å². The van der Waals surface area contributed by atoms with E-state index < -0.39 is 28.4 Å². The zero-order valence-electron chi connectivity index (χ0n) is 15.8. The van der Waals surface area contributed by atoms with E-state index in [1.54, 1.807) is 42.6 Å². The van der Waals surface area contributed by atoms with E-state index >= 15 is 0 Å². The van der Waals surface area contributed by atoms with Crippen molar-refractivity contribution >= 4 is 40.4 Å². The summed E-state index contributed by atoms with van der Waals surface area (Å²) in [6.07, 6.45) is 3.05. The number of rotatable bonds is 4. The number of halogens is 1. The predicted molar refractivity (Wildman–Crippen MR) is 114 cm³/mol. The van der Waals surface area contributed by atoms with Crippen molar-refractivity contribution in [3.8, 4) is 0 Å². The Bertz CT molecular complexity index is 1210. The van der Waals surface area contributed by atoms with Gasteiger partial charge in [0.15, 0.2) is 0 Å². The van der Waals surface area contributed by atoms with Crippen LogP contribution in [0.2, 0.25) is 5.02 Å². The van der Waals surface area contributed by atoms with E-state index in [0.717, 1.165) is 0 Å². The number of Topliss-reactive ketones (excluding diaryl/α,β-unsaturated/α-hetero) is 1. The van der Waals surface area contributed by atoms with Gasteiger partial charge in [-0.25, -0.2) is 0 Å². The molecule has 1 unspecified atom stereocenters. The largest absolute Gasteiger partial charge is 0.507 e. The Balaban J connectivity index is 1.90. The second-order valence-corrected chi connectivity index (χ2v) is 7.17. The molecule has 0 saturated carbocycles. The molecule has 0 aliphatic carbocycles. The number of carbonyl (C=O) groups is 2. The third-order valence-electron chi connectivity index (χ3n) is 4.90. The summed E-state index contributed by atoms with van der Waals surface area (Å²) in [6.45, 7) is 0. The van der Waals surface area contributed by atoms with Gasteiger partial charge in [-0.3, -0.25) is 29.6 Å². The summed E-state index contributed by atoms with van der Waals surface area (Å²) in [7, 11) is 0. The average molecular weight is 436 g/mol. The molecule has 1 saturated heterocycles. The molecule has 154 valence electrons. The molecule has 1 atom stereocenters. The second-order valence-electron chi connectivity index (χ2n) is 6.74. The van der Waals surface area contributed by atoms with Crippen molar-refractivity contribution in [3.63, 3.8) is 0 Å². The topological polar surface area (TPSA) is 114 Å². The van der Waals surface area contributed by atoms with Gasteiger partial charge in [0.25, 0.3) is 17.4 Å². The number of non-ortho nitro benzene ring substituents is 1. The van der Waals surface area contributed by atoms with E-state index in [9.17, 15) is 24.8 Å². The maximum atomic E-state index is 13.0. The molecule has 0 radical (unpaired) electrons. The molecule has 1 fully saturated rings. The Morgan fingerprint density at radius 1 is 1.06 bits per heavy atom. The van der Waals surface area contributed by atoms with Crippen LogP contribution >= 0.6 is 11.6 Å². The number of nitro benzene ring substituents is 1. The van der Waals surface area contributed by atoms with Crippen molar-refractivity contribution < 1.29 is 19.6 Å². The molecule has 1 amide bonds. The summed E-state index contributed by atoms with van der Waals surface area (Å²) in [6, 6.07) is 13.9. The first-order valence-corrected chi connectivity index (χ1v) is 9.47. The fourth-order valence-corrected chi connectivity index (χ4v) is 3.58. The van der Waals surface area contributed by atoms with Crippen LogP contribution in [0.4, 0.5) is 11.4 Å². The number of hydrogen-bond donors (Lipinski definition) is 1. The van der Waals surface area contributed by atoms with E-state index in [2.05, 4.69) is 4.98 Å². The van der Waals surface area contributed by atoms with Gasteiger partial charge >= 0.3 is 0 Å². The number of pyridine rings is 1. The Morgan fingerprint density at radius 2 is 1.74 bits per heavy atom. The first-order valence-electron chi connectivity index (χ1n) is 9.10. The molecule has 31 heavy (non-hydrogen) atoms. The van der Waals surface area contributed by atoms with Gasteiger partial charge in [0.1, 0.15) is 5.76 Å². The number of ketones is 1. The van der Waals surface area contributed by atoms with Crippen molar-refractivity contribution in [2.24, 2.45) is 0 Å². The lowest BCUT2D eigenvalue weighted by atomic mass is 9.96. The van der Waals surface area contributed by atoms with E-state index in [-0.39, 0.29) is 16.8 Å². The Kier molecular flexibility index (Phi) is 5.22. The molecule has 1 aliphatic heterocycles. The molecule has 1 aliphatic rings. The maximum Gasteiger partial charge on any atom is 0.300 e. The van der Waals surface area contributed by atoms with Crippen LogP contribution in [0.5, 0.6) is 0 Å². The highest BCUT2D eigenvalue weighted by Gasteiger charge is 2.47. The van der Waals surface area contributed by atoms with E-state index in [1.165, 1.54) is 35.4 Å². The number of benzene rings is 2. The van der Waals surface area contributed by atoms with Crippen LogP contribution in [0, 0.1) is 10.1 Å². The van der Waals surface area contributed by atoms with Crippen LogP contribution in [-0.4, -0.2) is 26.7 Å². The molecule has 0 bridgehead atoms. The quantitative estimate of drug-likeness (QED) is 0.215. The van der Waals surface area contributed by atoms with Gasteiger partial charge in [0, 0.05) is 40.8 Å². The van der Waals surface area contributed by atoms with Crippen molar-refractivity contribution in [2.75, 3.05) is 4.90 Å². The minimum atomic E-state index is -0.940. The molecule has 4 rings (SSSR count). The molecule has 2 heterocycles. The number of aliphatic hydroxyl groups is 1. The van der Waals surface area contributed by atoms with Crippen LogP contribution in [0.15, 0.2) is 78.6 Å². The van der Waals surface area contributed by atoms with Gasteiger partial charge in [-0.05, 0) is 48.0 Å². The van der Waals surface area contributed by atoms with Crippen LogP contribution in [0.3, 0.4) is 0 Å². The molecular formula is C22H14ClN3O5. The molecule has 1 N–H and O–H groups in total. The summed E-state index contributed by atoms with van der Waals surface area (Å²) in [5, 5.41) is 22.3. The fourth-order valence-electron chi connectivity index (χ4n) is 3.45. The number of nitrogens with zero attached hydrogens (tertiary/aromatic N) is 3. The van der Waals surface area contributed by atoms with Crippen molar-refractivity contribution in [1.82, 2.24) is 4.98 Å². The van der Waals surface area contributed by atoms with Gasteiger partial charge < -0.3 is 5.11 Å². The summed E-state index contributed by atoms with van der Waals surface area (Å²) >= 11 is 5.95. The Hall–Kier alpha value is -4.04. The highest BCUT2D eigenvalue weighted by molar-refractivity contribution is 6.51. The molecule has 9 heteroatoms. The lowest BCUT2D eigenvalue weighted by Crippen LogP contribution is -2.29. The first-order chi connectivity index (χ1) is 14.9. The maximum absolute atomic E-state index is 13.0. The number of amides is 1. The number of carbonyl (C=O) groups excluding carboxylic acids is 2. The number of aromatic nitrogens is 1. The number of hydrogen-bond acceptors (Lipinski definition) is 6. The standard InChI is InChI=1S/C22H14ClN3O5/c23-15-5-9-16(10-6-15)25-19(14-2-1-11-24-12-14)18(21(28)22(25)29)20(27)13-3-7-17(8-4-13)26(30)31/h1-12,19,27H/b20-18-. The van der Waals surface area contributed by atoms with Crippen molar-refractivity contribution in [3.05, 3.63) is 105 Å². The molecular weight excluding hydrogens is 422 g/mol. The summed E-state index contributed by atoms with van der Waals surface area (Å²) in [5.74, 6) is -2.13. The number of nitro groups is 1. The first kappa shape index (κ1) is 20.2. The molecule has 3 aromatic rings. The Labute approximate surface area is 181 Å². The minimum absolute atomic E-state index is 0.137. The third-order valence-corrected chi connectivity index (χ3v) is 5.15. The normalized spacial score (nSPS) is 17.7. The van der Waals surface area contributed by atoms with Crippen molar-refractivity contribution in [2.45, 2.75) is 6.04 Å². The lowest BCUT2D eigenvalue weighted by Gasteiger charge is -2.25. The van der Waals surface area contributed by atoms with Gasteiger partial charge in [0.2, 0.25) is 0 Å². The zero-order valence-corrected chi connectivity index (χ0v) is 16.6. The average Bonchev–Trinajstić information content (AvgIpc) is 3.05. The Morgan fingerprint density at radius 3 is 2.32 bits per heavy atom. The van der Waals surface area contributed by atoms with Gasteiger partial charge in [0.05, 0.1) is 16.5 Å². The molecule has 2 aromatic carbocycles. The predicted octanol–water partition coefficient (Wildman–Crippen LogP) is 4.27. The third kappa shape index (κ3) is 3.64. The van der Waals surface area contributed by atoms with Crippen LogP contribution < -0.4 is 4.90 Å². The molecule has 8 nitrogen and oxygen atoms in total. The lowest BCUT2D eigenvalue weighted by molar-refractivity contribution is -0.384. The van der Waals surface area contributed by atoms with Crippen LogP contribution in [0.25, 0.3) is 5.76 Å². The van der Waals surface area contributed by atoms with E-state index in [4.69, 9.17) is 11.6 Å². The smallest absolute Gasteiger partial charge is 0.300 e. The SMILES string of the molecule is O=C1C(=O)N(c2ccc(Cl)cc2)C(c2cccnc2)/C1=C(/O)c1ccc([N+](=O)[O-])cc1. The monoisotopic (exact) mass is 435 g/mol. The highest BCUT2D eigenvalue weighted by Crippen LogP contribution is 2.42. The summed E-state index contributed by atoms with van der Waals surface area (Å²) < 4.78 is 0. The van der Waals surface area contributed by atoms with Gasteiger partial charge in [-0.1, -0.05) is 17.7 Å². The van der Waals surface area contributed by atoms with Gasteiger partial charge in [-0.15, -0.1) is 0 Å². The van der Waals surface area contributed by atoms with Gasteiger partial charge in [-0.2, -0.15) is 0 Å². The van der Waals surface area contributed by atoms with Crippen LogP contribution in [-0.2, 0) is 9.59 Å². The fraction of sp³-hybridized carbons (Fsp3) is 0.0455. The van der Waals surface area contributed by atoms with Crippen molar-refractivity contribution in [1.29, 1.82) is 0 Å².